The van der Waals surface area contributed by atoms with Crippen LogP contribution in [0.4, 0.5) is 0 Å². The van der Waals surface area contributed by atoms with Crippen molar-refractivity contribution in [2.45, 2.75) is 31.7 Å². The van der Waals surface area contributed by atoms with Gasteiger partial charge in [0.2, 0.25) is 5.91 Å². The molecule has 1 fully saturated rings. The van der Waals surface area contributed by atoms with Gasteiger partial charge in [0.25, 0.3) is 0 Å². The Morgan fingerprint density at radius 2 is 1.45 bits per heavy atom. The van der Waals surface area contributed by atoms with Crippen molar-refractivity contribution < 1.29 is 24.5 Å². The molecule has 0 aromatic heterocycles. The highest BCUT2D eigenvalue weighted by atomic mass is 16.5. The molecule has 0 saturated carbocycles. The van der Waals surface area contributed by atoms with Crippen LogP contribution in [0.2, 0.25) is 0 Å². The number of allylic oxidation sites excluding steroid dienone is 14. The highest BCUT2D eigenvalue weighted by Gasteiger charge is 2.47. The number of aliphatic hydroxyl groups excluding tert-OH is 2. The number of ether oxygens (including phenoxy) is 1. The summed E-state index contributed by atoms with van der Waals surface area (Å²) < 4.78 is 5.68. The fourth-order valence-corrected chi connectivity index (χ4v) is 2.98. The molecule has 0 aliphatic carbocycles. The van der Waals surface area contributed by atoms with Crippen molar-refractivity contribution in [2.75, 3.05) is 6.54 Å². The van der Waals surface area contributed by atoms with Crippen molar-refractivity contribution in [1.82, 2.24) is 5.32 Å². The summed E-state index contributed by atoms with van der Waals surface area (Å²) in [6.45, 7) is 4.14. The van der Waals surface area contributed by atoms with Gasteiger partial charge in [0.1, 0.15) is 18.0 Å². The minimum atomic E-state index is -1.31. The number of fused-ring (bicyclic) bond motifs is 2. The number of aliphatic hydroxyl groups is 2. The third-order valence-corrected chi connectivity index (χ3v) is 4.88. The number of amides is 1. The van der Waals surface area contributed by atoms with Gasteiger partial charge in [0.05, 0.1) is 0 Å². The van der Waals surface area contributed by atoms with E-state index in [0.717, 1.165) is 0 Å². The molecule has 2 heterocycles. The molecule has 0 aromatic carbocycles. The van der Waals surface area contributed by atoms with Crippen LogP contribution >= 0.6 is 0 Å². The zero-order valence-corrected chi connectivity index (χ0v) is 18.9. The fraction of sp³-hybridized carbons (Fsp3) is 0.259. The van der Waals surface area contributed by atoms with Gasteiger partial charge < -0.3 is 20.3 Å². The topological polar surface area (TPSA) is 95.9 Å². The average Bonchev–Trinajstić information content (AvgIpc) is 2.99. The number of ketones is 1. The number of hydrogen-bond acceptors (Lipinski definition) is 5. The van der Waals surface area contributed by atoms with Gasteiger partial charge in [-0.05, 0) is 25.0 Å². The largest absolute Gasteiger partial charge is 0.482 e. The molecule has 6 nitrogen and oxygen atoms in total. The first-order chi connectivity index (χ1) is 15.8. The normalized spacial score (nSPS) is 37.1. The van der Waals surface area contributed by atoms with Crippen molar-refractivity contribution in [3.63, 3.8) is 0 Å². The SMILES string of the molecule is CC1\C=C/C=C/C=C\C=C/C=C/C(=O)C=C2O[C@](C)(/C=C/C=C\C=C/C(=O)NC1)[C@@H](O)[C@@H]2O. The number of rotatable bonds is 0. The van der Waals surface area contributed by atoms with Gasteiger partial charge in [-0.2, -0.15) is 0 Å². The lowest BCUT2D eigenvalue weighted by molar-refractivity contribution is -0.116. The van der Waals surface area contributed by atoms with E-state index in [4.69, 9.17) is 4.74 Å². The van der Waals surface area contributed by atoms with Crippen LogP contribution in [0.1, 0.15) is 13.8 Å². The fourth-order valence-electron chi connectivity index (χ4n) is 2.98. The molecule has 3 N–H and O–H groups in total. The first-order valence-electron chi connectivity index (χ1n) is 10.8. The number of carbonyl (C=O) groups excluding carboxylic acids is 2. The molecular formula is C27H31NO5. The molecule has 174 valence electrons. The van der Waals surface area contributed by atoms with Gasteiger partial charge in [-0.15, -0.1) is 0 Å². The standard InChI is InChI=1S/C27H31NO5/c1-21-15-11-7-5-3-4-6-8-12-16-22(29)19-23-25(31)26(32)27(2,33-23)18-14-10-9-13-17-24(30)28-20-21/h3-19,21,25-26,31-32H,20H2,1-2H3,(H,28,30)/b4-3-,7-5+,8-6-,10-9-,15-11-,16-12+,17-13-,18-14+,23-19?/t21?,25-,26+,27-/m1/s1. The summed E-state index contributed by atoms with van der Waals surface area (Å²) >= 11 is 0. The Morgan fingerprint density at radius 1 is 0.879 bits per heavy atom. The smallest absolute Gasteiger partial charge is 0.243 e. The zero-order chi connectivity index (χ0) is 24.1. The Balaban J connectivity index is 2.19. The van der Waals surface area contributed by atoms with Crippen LogP contribution < -0.4 is 5.32 Å². The molecule has 1 saturated heterocycles. The van der Waals surface area contributed by atoms with Gasteiger partial charge in [0.15, 0.2) is 11.4 Å². The molecule has 2 rings (SSSR count). The van der Waals surface area contributed by atoms with Crippen LogP contribution in [0, 0.1) is 5.92 Å². The quantitative estimate of drug-likeness (QED) is 0.528. The molecule has 4 atom stereocenters. The van der Waals surface area contributed by atoms with Crippen LogP contribution in [-0.4, -0.2) is 46.3 Å². The van der Waals surface area contributed by atoms with Crippen LogP contribution in [0.15, 0.2) is 109 Å². The molecule has 1 amide bonds. The Kier molecular flexibility index (Phi) is 10.3. The maximum Gasteiger partial charge on any atom is 0.243 e. The van der Waals surface area contributed by atoms with E-state index in [-0.39, 0.29) is 23.4 Å². The Morgan fingerprint density at radius 3 is 2.15 bits per heavy atom. The predicted molar refractivity (Wildman–Crippen MR) is 130 cm³/mol. The summed E-state index contributed by atoms with van der Waals surface area (Å²) in [6.07, 6.45) is 26.0. The molecular weight excluding hydrogens is 418 g/mol. The van der Waals surface area contributed by atoms with Crippen LogP contribution in [0.25, 0.3) is 0 Å². The second kappa shape index (κ2) is 13.2. The van der Waals surface area contributed by atoms with E-state index in [0.29, 0.717) is 6.54 Å². The molecule has 6 heteroatoms. The molecule has 0 radical (unpaired) electrons. The van der Waals surface area contributed by atoms with E-state index in [1.807, 2.05) is 43.4 Å². The monoisotopic (exact) mass is 449 g/mol. The highest BCUT2D eigenvalue weighted by Crippen LogP contribution is 2.34. The maximum atomic E-state index is 12.1. The Bertz CT molecular complexity index is 961. The lowest BCUT2D eigenvalue weighted by Gasteiger charge is -2.22. The molecule has 2 bridgehead atoms. The van der Waals surface area contributed by atoms with Gasteiger partial charge in [-0.3, -0.25) is 9.59 Å². The van der Waals surface area contributed by atoms with E-state index < -0.39 is 17.8 Å². The van der Waals surface area contributed by atoms with Crippen molar-refractivity contribution >= 4 is 11.7 Å². The van der Waals surface area contributed by atoms with Gasteiger partial charge in [-0.25, -0.2) is 0 Å². The second-order valence-electron chi connectivity index (χ2n) is 7.85. The lowest BCUT2D eigenvalue weighted by Crippen LogP contribution is -2.38. The minimum Gasteiger partial charge on any atom is -0.482 e. The second-order valence-corrected chi connectivity index (χ2v) is 7.85. The number of nitrogens with one attached hydrogen (secondary N) is 1. The number of hydrogen-bond donors (Lipinski definition) is 3. The minimum absolute atomic E-state index is 0.00617. The Hall–Kier alpha value is -3.48. The van der Waals surface area contributed by atoms with E-state index in [9.17, 15) is 19.8 Å². The van der Waals surface area contributed by atoms with Gasteiger partial charge in [-0.1, -0.05) is 85.9 Å². The van der Waals surface area contributed by atoms with Crippen molar-refractivity contribution in [1.29, 1.82) is 0 Å². The van der Waals surface area contributed by atoms with E-state index >= 15 is 0 Å². The van der Waals surface area contributed by atoms with Crippen molar-refractivity contribution in [2.24, 2.45) is 5.92 Å². The van der Waals surface area contributed by atoms with Crippen LogP contribution in [0.3, 0.4) is 0 Å². The molecule has 2 aliphatic rings. The summed E-state index contributed by atoms with van der Waals surface area (Å²) in [5.74, 6) is -0.381. The van der Waals surface area contributed by atoms with E-state index in [1.165, 1.54) is 18.2 Å². The maximum absolute atomic E-state index is 12.1. The molecule has 0 spiro atoms. The summed E-state index contributed by atoms with van der Waals surface area (Å²) in [5, 5.41) is 23.5. The number of carbonyl (C=O) groups is 2. The average molecular weight is 450 g/mol. The molecule has 33 heavy (non-hydrogen) atoms. The lowest BCUT2D eigenvalue weighted by atomic mass is 9.96. The Labute approximate surface area is 195 Å². The third-order valence-electron chi connectivity index (χ3n) is 4.88. The van der Waals surface area contributed by atoms with Crippen LogP contribution in [0.5, 0.6) is 0 Å². The molecule has 0 aromatic rings. The summed E-state index contributed by atoms with van der Waals surface area (Å²) in [4.78, 5) is 24.0. The summed E-state index contributed by atoms with van der Waals surface area (Å²) in [6, 6.07) is 0. The molecule has 1 unspecified atom stereocenters. The first kappa shape index (κ1) is 25.8. The third kappa shape index (κ3) is 8.88. The van der Waals surface area contributed by atoms with Gasteiger partial charge >= 0.3 is 0 Å². The summed E-state index contributed by atoms with van der Waals surface area (Å²) in [7, 11) is 0. The van der Waals surface area contributed by atoms with Crippen molar-refractivity contribution in [3.05, 3.63) is 109 Å². The predicted octanol–water partition coefficient (Wildman–Crippen LogP) is 3.17. The van der Waals surface area contributed by atoms with E-state index in [1.54, 1.807) is 55.5 Å². The van der Waals surface area contributed by atoms with Gasteiger partial charge in [0, 0.05) is 18.7 Å². The highest BCUT2D eigenvalue weighted by molar-refractivity contribution is 5.99. The molecule has 2 aliphatic heterocycles. The summed E-state index contributed by atoms with van der Waals surface area (Å²) in [5.41, 5.74) is -1.20. The first-order valence-corrected chi connectivity index (χ1v) is 10.8. The van der Waals surface area contributed by atoms with E-state index in [2.05, 4.69) is 5.32 Å². The van der Waals surface area contributed by atoms with Crippen molar-refractivity contribution in [3.8, 4) is 0 Å². The zero-order valence-electron chi connectivity index (χ0n) is 18.9. The van der Waals surface area contributed by atoms with Crippen LogP contribution in [-0.2, 0) is 14.3 Å².